The quantitative estimate of drug-likeness (QED) is 0.673. The first kappa shape index (κ1) is 10.9. The van der Waals surface area contributed by atoms with Gasteiger partial charge < -0.3 is 10.4 Å². The largest absolute Gasteiger partial charge is 0.393 e. The Balaban J connectivity index is 1.58. The van der Waals surface area contributed by atoms with Crippen LogP contribution in [0.25, 0.3) is 0 Å². The second-order valence-electron chi connectivity index (χ2n) is 5.03. The van der Waals surface area contributed by atoms with Crippen molar-refractivity contribution in [2.75, 3.05) is 20.1 Å². The molecule has 2 fully saturated rings. The van der Waals surface area contributed by atoms with E-state index in [2.05, 4.69) is 5.32 Å². The summed E-state index contributed by atoms with van der Waals surface area (Å²) in [4.78, 5) is 13.5. The molecule has 86 valence electrons. The molecule has 0 unspecified atom stereocenters. The molecule has 0 saturated heterocycles. The van der Waals surface area contributed by atoms with Gasteiger partial charge in [0.1, 0.15) is 0 Å². The van der Waals surface area contributed by atoms with Crippen LogP contribution < -0.4 is 5.32 Å². The number of aliphatic hydroxyl groups excluding tert-OH is 1. The molecule has 2 N–H and O–H groups in total. The van der Waals surface area contributed by atoms with Crippen LogP contribution in [0.5, 0.6) is 0 Å². The normalized spacial score (nSPS) is 30.1. The van der Waals surface area contributed by atoms with Crippen molar-refractivity contribution < 1.29 is 9.90 Å². The fraction of sp³-hybridized carbons (Fsp3) is 0.909. The van der Waals surface area contributed by atoms with Crippen LogP contribution in [-0.4, -0.2) is 48.2 Å². The molecule has 2 rings (SSSR count). The molecule has 1 amide bonds. The summed E-state index contributed by atoms with van der Waals surface area (Å²) in [5, 5.41) is 12.1. The number of carbonyl (C=O) groups is 1. The van der Waals surface area contributed by atoms with E-state index in [1.54, 1.807) is 0 Å². The molecule has 0 radical (unpaired) electrons. The zero-order chi connectivity index (χ0) is 10.8. The van der Waals surface area contributed by atoms with Gasteiger partial charge in [-0.25, -0.2) is 0 Å². The van der Waals surface area contributed by atoms with Crippen molar-refractivity contribution in [3.63, 3.8) is 0 Å². The number of hydrogen-bond donors (Lipinski definition) is 2. The maximum Gasteiger partial charge on any atom is 0.234 e. The van der Waals surface area contributed by atoms with Crippen molar-refractivity contribution in [2.24, 2.45) is 5.92 Å². The first-order valence-electron chi connectivity index (χ1n) is 5.79. The summed E-state index contributed by atoms with van der Waals surface area (Å²) in [6, 6.07) is 0.455. The Hall–Kier alpha value is -0.610. The van der Waals surface area contributed by atoms with Gasteiger partial charge in [0, 0.05) is 12.6 Å². The fourth-order valence-electron chi connectivity index (χ4n) is 2.10. The number of rotatable bonds is 5. The monoisotopic (exact) mass is 212 g/mol. The van der Waals surface area contributed by atoms with Gasteiger partial charge in [0.25, 0.3) is 0 Å². The van der Waals surface area contributed by atoms with Crippen molar-refractivity contribution in [3.05, 3.63) is 0 Å². The van der Waals surface area contributed by atoms with E-state index in [1.165, 1.54) is 0 Å². The van der Waals surface area contributed by atoms with Gasteiger partial charge in [-0.3, -0.25) is 9.69 Å². The molecule has 2 aliphatic carbocycles. The van der Waals surface area contributed by atoms with E-state index in [0.717, 1.165) is 32.2 Å². The third-order valence-electron chi connectivity index (χ3n) is 3.14. The molecule has 4 heteroatoms. The predicted molar refractivity (Wildman–Crippen MR) is 57.4 cm³/mol. The molecule has 0 spiro atoms. The van der Waals surface area contributed by atoms with Crippen LogP contribution >= 0.6 is 0 Å². The molecule has 15 heavy (non-hydrogen) atoms. The van der Waals surface area contributed by atoms with E-state index in [0.29, 0.717) is 18.5 Å². The summed E-state index contributed by atoms with van der Waals surface area (Å²) in [5.41, 5.74) is 0. The predicted octanol–water partition coefficient (Wildman–Crippen LogP) is -0.0323. The van der Waals surface area contributed by atoms with Crippen LogP contribution in [0.15, 0.2) is 0 Å². The average Bonchev–Trinajstić information content (AvgIpc) is 2.84. The van der Waals surface area contributed by atoms with Crippen LogP contribution in [0, 0.1) is 5.92 Å². The summed E-state index contributed by atoms with van der Waals surface area (Å²) < 4.78 is 0. The Labute approximate surface area is 90.6 Å². The lowest BCUT2D eigenvalue weighted by atomic mass is 9.82. The van der Waals surface area contributed by atoms with Gasteiger partial charge in [0.05, 0.1) is 12.6 Å². The molecule has 0 aromatic rings. The molecule has 2 saturated carbocycles. The number of nitrogens with zero attached hydrogens (tertiary/aromatic N) is 1. The lowest BCUT2D eigenvalue weighted by Crippen LogP contribution is -2.41. The molecule has 4 nitrogen and oxygen atoms in total. The second-order valence-corrected chi connectivity index (χ2v) is 5.03. The van der Waals surface area contributed by atoms with Crippen molar-refractivity contribution in [1.82, 2.24) is 10.2 Å². The van der Waals surface area contributed by atoms with Crippen molar-refractivity contribution in [3.8, 4) is 0 Å². The molecule has 0 aromatic heterocycles. The second kappa shape index (κ2) is 4.49. The highest BCUT2D eigenvalue weighted by Crippen LogP contribution is 2.27. The van der Waals surface area contributed by atoms with Gasteiger partial charge in [-0.15, -0.1) is 0 Å². The van der Waals surface area contributed by atoms with E-state index < -0.39 is 0 Å². The highest BCUT2D eigenvalue weighted by Gasteiger charge is 2.29. The van der Waals surface area contributed by atoms with E-state index in [4.69, 9.17) is 5.11 Å². The van der Waals surface area contributed by atoms with Crippen LogP contribution in [0.1, 0.15) is 25.7 Å². The smallest absolute Gasteiger partial charge is 0.234 e. The van der Waals surface area contributed by atoms with Crippen LogP contribution in [-0.2, 0) is 4.79 Å². The first-order valence-corrected chi connectivity index (χ1v) is 5.79. The van der Waals surface area contributed by atoms with Crippen molar-refractivity contribution in [2.45, 2.75) is 37.8 Å². The van der Waals surface area contributed by atoms with Crippen molar-refractivity contribution in [1.29, 1.82) is 0 Å². The number of likely N-dealkylation sites (N-methyl/N-ethyl adjacent to an activating group) is 1. The molecule has 0 aliphatic heterocycles. The van der Waals surface area contributed by atoms with Crippen LogP contribution in [0.2, 0.25) is 0 Å². The molecule has 0 aromatic carbocycles. The highest BCUT2D eigenvalue weighted by molar-refractivity contribution is 5.78. The lowest BCUT2D eigenvalue weighted by Gasteiger charge is -2.34. The van der Waals surface area contributed by atoms with Gasteiger partial charge in [0.15, 0.2) is 0 Å². The minimum atomic E-state index is -0.0938. The van der Waals surface area contributed by atoms with E-state index >= 15 is 0 Å². The minimum Gasteiger partial charge on any atom is -0.393 e. The number of amides is 1. The Morgan fingerprint density at radius 1 is 1.47 bits per heavy atom. The van der Waals surface area contributed by atoms with Gasteiger partial charge in [-0.1, -0.05) is 0 Å². The molecular weight excluding hydrogens is 192 g/mol. The van der Waals surface area contributed by atoms with E-state index in [9.17, 15) is 4.79 Å². The summed E-state index contributed by atoms with van der Waals surface area (Å²) in [7, 11) is 1.97. The average molecular weight is 212 g/mol. The number of hydrogen-bond acceptors (Lipinski definition) is 3. The molecular formula is C11H20N2O2. The standard InChI is InChI=1S/C11H20N2O2/c1-13(6-8-4-10(14)5-8)7-11(15)12-9-2-3-9/h8-10,14H,2-7H2,1H3,(H,12,15). The molecule has 0 heterocycles. The number of carbonyl (C=O) groups excluding carboxylic acids is 1. The first-order chi connectivity index (χ1) is 7.13. The summed E-state index contributed by atoms with van der Waals surface area (Å²) in [6.07, 6.45) is 3.99. The Bertz CT molecular complexity index is 235. The zero-order valence-corrected chi connectivity index (χ0v) is 9.28. The molecule has 2 aliphatic rings. The Morgan fingerprint density at radius 2 is 2.13 bits per heavy atom. The molecule has 0 bridgehead atoms. The third kappa shape index (κ3) is 3.47. The Morgan fingerprint density at radius 3 is 2.67 bits per heavy atom. The maximum atomic E-state index is 11.5. The van der Waals surface area contributed by atoms with Gasteiger partial charge >= 0.3 is 0 Å². The Kier molecular flexibility index (Phi) is 3.26. The van der Waals surface area contributed by atoms with E-state index in [1.807, 2.05) is 11.9 Å². The topological polar surface area (TPSA) is 52.6 Å². The van der Waals surface area contributed by atoms with Gasteiger partial charge in [-0.05, 0) is 38.6 Å². The van der Waals surface area contributed by atoms with Crippen LogP contribution in [0.3, 0.4) is 0 Å². The van der Waals surface area contributed by atoms with Crippen molar-refractivity contribution >= 4 is 5.91 Å². The fourth-order valence-corrected chi connectivity index (χ4v) is 2.10. The van der Waals surface area contributed by atoms with Crippen LogP contribution in [0.4, 0.5) is 0 Å². The summed E-state index contributed by atoms with van der Waals surface area (Å²) in [6.45, 7) is 1.41. The van der Waals surface area contributed by atoms with Gasteiger partial charge in [0.2, 0.25) is 5.91 Å². The SMILES string of the molecule is CN(CC(=O)NC1CC1)CC1CC(O)C1. The number of nitrogens with one attached hydrogen (secondary N) is 1. The third-order valence-corrected chi connectivity index (χ3v) is 3.14. The van der Waals surface area contributed by atoms with Gasteiger partial charge in [-0.2, -0.15) is 0 Å². The minimum absolute atomic E-state index is 0.0938. The highest BCUT2D eigenvalue weighted by atomic mass is 16.3. The number of aliphatic hydroxyl groups is 1. The zero-order valence-electron chi connectivity index (χ0n) is 9.28. The lowest BCUT2D eigenvalue weighted by molar-refractivity contribution is -0.122. The molecule has 0 atom stereocenters. The summed E-state index contributed by atoms with van der Waals surface area (Å²) in [5.74, 6) is 0.721. The summed E-state index contributed by atoms with van der Waals surface area (Å²) >= 11 is 0. The maximum absolute atomic E-state index is 11.5. The van der Waals surface area contributed by atoms with E-state index in [-0.39, 0.29) is 12.0 Å².